The summed E-state index contributed by atoms with van der Waals surface area (Å²) in [5, 5.41) is 14.0. The molecule has 1 fully saturated rings. The molecule has 1 saturated heterocycles. The van der Waals surface area contributed by atoms with Crippen molar-refractivity contribution in [2.75, 3.05) is 26.2 Å². The van der Waals surface area contributed by atoms with E-state index in [0.717, 1.165) is 42.6 Å². The Hall–Kier alpha value is -0.550. The summed E-state index contributed by atoms with van der Waals surface area (Å²) in [6.45, 7) is 7.67. The molecule has 0 spiro atoms. The summed E-state index contributed by atoms with van der Waals surface area (Å²) in [5.74, 6) is 0.168. The molecule has 0 saturated carbocycles. The summed E-state index contributed by atoms with van der Waals surface area (Å²) in [7, 11) is 0. The number of halogens is 2. The summed E-state index contributed by atoms with van der Waals surface area (Å²) < 4.78 is 0.889. The molecule has 1 heterocycles. The first-order valence-electron chi connectivity index (χ1n) is 6.37. The molecule has 1 aliphatic heterocycles. The summed E-state index contributed by atoms with van der Waals surface area (Å²) in [6, 6.07) is 3.69. The highest BCUT2D eigenvalue weighted by atomic mass is 79.9. The van der Waals surface area contributed by atoms with Crippen molar-refractivity contribution in [1.29, 1.82) is 0 Å². The molecule has 1 aromatic carbocycles. The van der Waals surface area contributed by atoms with Crippen molar-refractivity contribution >= 4 is 27.5 Å². The zero-order valence-corrected chi connectivity index (χ0v) is 13.0. The first kappa shape index (κ1) is 14.9. The Morgan fingerprint density at radius 1 is 1.47 bits per heavy atom. The number of rotatable bonds is 4. The first-order valence-corrected chi connectivity index (χ1v) is 7.54. The summed E-state index contributed by atoms with van der Waals surface area (Å²) in [4.78, 5) is 2.36. The van der Waals surface area contributed by atoms with Crippen LogP contribution in [0.5, 0.6) is 5.75 Å². The van der Waals surface area contributed by atoms with Gasteiger partial charge in [0.05, 0.1) is 5.02 Å². The Labute approximate surface area is 127 Å². The van der Waals surface area contributed by atoms with Crippen molar-refractivity contribution in [3.05, 3.63) is 39.8 Å². The highest BCUT2D eigenvalue weighted by Gasteiger charge is 2.26. The van der Waals surface area contributed by atoms with E-state index >= 15 is 0 Å². The standard InChI is InChI=1S/C14H18BrClN2O/c1-2-3-12(18-8-6-17-7-9-18)13-10(15)4-5-11(16)14(13)19/h2,4-5,12,17,19H,1,3,6-9H2/t12-/m1/s1. The largest absolute Gasteiger partial charge is 0.506 e. The van der Waals surface area contributed by atoms with Gasteiger partial charge in [-0.1, -0.05) is 33.6 Å². The lowest BCUT2D eigenvalue weighted by Crippen LogP contribution is -2.45. The van der Waals surface area contributed by atoms with Crippen LogP contribution in [-0.4, -0.2) is 36.2 Å². The van der Waals surface area contributed by atoms with Gasteiger partial charge in [-0.3, -0.25) is 4.90 Å². The van der Waals surface area contributed by atoms with Crippen LogP contribution in [0, 0.1) is 0 Å². The molecular weight excluding hydrogens is 328 g/mol. The lowest BCUT2D eigenvalue weighted by atomic mass is 10.00. The Balaban J connectivity index is 2.37. The molecule has 0 aromatic heterocycles. The van der Waals surface area contributed by atoms with Crippen molar-refractivity contribution in [1.82, 2.24) is 10.2 Å². The van der Waals surface area contributed by atoms with Crippen molar-refractivity contribution in [2.45, 2.75) is 12.5 Å². The predicted molar refractivity (Wildman–Crippen MR) is 82.8 cm³/mol. The molecule has 1 aromatic rings. The Morgan fingerprint density at radius 2 is 2.16 bits per heavy atom. The zero-order chi connectivity index (χ0) is 13.8. The number of aromatic hydroxyl groups is 1. The van der Waals surface area contributed by atoms with Crippen LogP contribution >= 0.6 is 27.5 Å². The van der Waals surface area contributed by atoms with Crippen LogP contribution in [0.25, 0.3) is 0 Å². The lowest BCUT2D eigenvalue weighted by Gasteiger charge is -2.35. The second-order valence-corrected chi connectivity index (χ2v) is 5.88. The zero-order valence-electron chi connectivity index (χ0n) is 10.7. The minimum atomic E-state index is 0.104. The van der Waals surface area contributed by atoms with Gasteiger partial charge in [-0.25, -0.2) is 0 Å². The highest BCUT2D eigenvalue weighted by Crippen LogP contribution is 2.41. The molecule has 0 radical (unpaired) electrons. The number of piperazine rings is 1. The van der Waals surface area contributed by atoms with Gasteiger partial charge in [0.25, 0.3) is 0 Å². The number of nitrogens with one attached hydrogen (secondary N) is 1. The van der Waals surface area contributed by atoms with Gasteiger partial charge in [-0.2, -0.15) is 0 Å². The maximum atomic E-state index is 10.3. The van der Waals surface area contributed by atoms with Gasteiger partial charge in [0.2, 0.25) is 0 Å². The third-order valence-corrected chi connectivity index (χ3v) is 4.43. The van der Waals surface area contributed by atoms with Gasteiger partial charge in [0.1, 0.15) is 5.75 Å². The fourth-order valence-electron chi connectivity index (χ4n) is 2.47. The monoisotopic (exact) mass is 344 g/mol. The normalized spacial score (nSPS) is 18.2. The minimum absolute atomic E-state index is 0.104. The van der Waals surface area contributed by atoms with E-state index in [4.69, 9.17) is 11.6 Å². The van der Waals surface area contributed by atoms with E-state index in [1.807, 2.05) is 12.1 Å². The number of nitrogens with zero attached hydrogens (tertiary/aromatic N) is 1. The van der Waals surface area contributed by atoms with Gasteiger partial charge >= 0.3 is 0 Å². The molecule has 0 bridgehead atoms. The van der Waals surface area contributed by atoms with E-state index < -0.39 is 0 Å². The van der Waals surface area contributed by atoms with E-state index in [9.17, 15) is 5.11 Å². The van der Waals surface area contributed by atoms with Gasteiger partial charge in [-0.05, 0) is 18.6 Å². The minimum Gasteiger partial charge on any atom is -0.506 e. The number of phenols is 1. The van der Waals surface area contributed by atoms with Crippen molar-refractivity contribution in [2.24, 2.45) is 0 Å². The average molecular weight is 346 g/mol. The fourth-order valence-corrected chi connectivity index (χ4v) is 3.22. The molecule has 2 rings (SSSR count). The number of hydrogen-bond donors (Lipinski definition) is 2. The van der Waals surface area contributed by atoms with Crippen molar-refractivity contribution < 1.29 is 5.11 Å². The van der Waals surface area contributed by atoms with Gasteiger partial charge < -0.3 is 10.4 Å². The lowest BCUT2D eigenvalue weighted by molar-refractivity contribution is 0.171. The number of benzene rings is 1. The first-order chi connectivity index (χ1) is 9.15. The average Bonchev–Trinajstić information content (AvgIpc) is 2.43. The topological polar surface area (TPSA) is 35.5 Å². The highest BCUT2D eigenvalue weighted by molar-refractivity contribution is 9.10. The number of phenolic OH excluding ortho intramolecular Hbond substituents is 1. The van der Waals surface area contributed by atoms with Gasteiger partial charge in [0, 0.05) is 42.3 Å². The summed E-state index contributed by atoms with van der Waals surface area (Å²) in [5.41, 5.74) is 0.856. The van der Waals surface area contributed by atoms with E-state index in [-0.39, 0.29) is 11.8 Å². The van der Waals surface area contributed by atoms with E-state index in [1.165, 1.54) is 0 Å². The molecule has 19 heavy (non-hydrogen) atoms. The van der Waals surface area contributed by atoms with Gasteiger partial charge in [-0.15, -0.1) is 6.58 Å². The SMILES string of the molecule is C=CC[C@H](c1c(Br)ccc(Cl)c1O)N1CCNCC1. The maximum Gasteiger partial charge on any atom is 0.140 e. The molecule has 2 N–H and O–H groups in total. The Bertz CT molecular complexity index is 461. The molecule has 0 amide bonds. The third-order valence-electron chi connectivity index (χ3n) is 3.43. The van der Waals surface area contributed by atoms with Crippen LogP contribution < -0.4 is 5.32 Å². The second kappa shape index (κ2) is 6.75. The summed E-state index contributed by atoms with van der Waals surface area (Å²) >= 11 is 9.56. The Morgan fingerprint density at radius 3 is 2.79 bits per heavy atom. The molecule has 0 aliphatic carbocycles. The van der Waals surface area contributed by atoms with Crippen molar-refractivity contribution in [3.8, 4) is 5.75 Å². The van der Waals surface area contributed by atoms with E-state index in [2.05, 4.69) is 32.7 Å². The Kier molecular flexibility index (Phi) is 5.28. The summed E-state index contributed by atoms with van der Waals surface area (Å²) in [6.07, 6.45) is 2.67. The van der Waals surface area contributed by atoms with Crippen molar-refractivity contribution in [3.63, 3.8) is 0 Å². The van der Waals surface area contributed by atoms with Crippen LogP contribution in [0.3, 0.4) is 0 Å². The van der Waals surface area contributed by atoms with Gasteiger partial charge in [0.15, 0.2) is 0 Å². The number of hydrogen-bond acceptors (Lipinski definition) is 3. The predicted octanol–water partition coefficient (Wildman–Crippen LogP) is 3.33. The molecule has 104 valence electrons. The fraction of sp³-hybridized carbons (Fsp3) is 0.429. The quantitative estimate of drug-likeness (QED) is 0.822. The van der Waals surface area contributed by atoms with E-state index in [0.29, 0.717) is 5.02 Å². The molecule has 5 heteroatoms. The third kappa shape index (κ3) is 3.31. The molecule has 3 nitrogen and oxygen atoms in total. The van der Waals surface area contributed by atoms with Crippen LogP contribution in [0.2, 0.25) is 5.02 Å². The smallest absolute Gasteiger partial charge is 0.140 e. The van der Waals surface area contributed by atoms with Crippen LogP contribution in [0.4, 0.5) is 0 Å². The molecular formula is C14H18BrClN2O. The second-order valence-electron chi connectivity index (χ2n) is 4.62. The molecule has 1 atom stereocenters. The molecule has 1 aliphatic rings. The molecule has 0 unspecified atom stereocenters. The van der Waals surface area contributed by atoms with Crippen LogP contribution in [0.1, 0.15) is 18.0 Å². The van der Waals surface area contributed by atoms with Crippen LogP contribution in [-0.2, 0) is 0 Å². The maximum absolute atomic E-state index is 10.3. The van der Waals surface area contributed by atoms with E-state index in [1.54, 1.807) is 6.07 Å². The van der Waals surface area contributed by atoms with Crippen LogP contribution in [0.15, 0.2) is 29.3 Å².